The van der Waals surface area contributed by atoms with Crippen molar-refractivity contribution >= 4 is 0 Å². The lowest BCUT2D eigenvalue weighted by Gasteiger charge is -2.20. The van der Waals surface area contributed by atoms with Gasteiger partial charge in [0.1, 0.15) is 5.82 Å². The Morgan fingerprint density at radius 2 is 2.00 bits per heavy atom. The van der Waals surface area contributed by atoms with E-state index in [0.29, 0.717) is 12.6 Å². The van der Waals surface area contributed by atoms with E-state index in [1.54, 1.807) is 6.07 Å². The first-order valence-corrected chi connectivity index (χ1v) is 6.24. The fraction of sp³-hybridized carbons (Fsp3) is 0.571. The summed E-state index contributed by atoms with van der Waals surface area (Å²) >= 11 is 0. The van der Waals surface area contributed by atoms with Gasteiger partial charge in [-0.05, 0) is 31.7 Å². The highest BCUT2D eigenvalue weighted by atomic mass is 19.1. The average Bonchev–Trinajstić information content (AvgIpc) is 2.81. The lowest BCUT2D eigenvalue weighted by Crippen LogP contribution is -2.31. The van der Waals surface area contributed by atoms with Crippen LogP contribution in [-0.4, -0.2) is 6.04 Å². The van der Waals surface area contributed by atoms with Gasteiger partial charge in [0.05, 0.1) is 0 Å². The zero-order valence-electron chi connectivity index (χ0n) is 9.88. The molecule has 1 nitrogen and oxygen atoms in total. The Hall–Kier alpha value is -0.890. The van der Waals surface area contributed by atoms with E-state index in [2.05, 4.69) is 12.2 Å². The van der Waals surface area contributed by atoms with Crippen LogP contribution in [0.3, 0.4) is 0 Å². The van der Waals surface area contributed by atoms with Gasteiger partial charge in [0.15, 0.2) is 0 Å². The van der Waals surface area contributed by atoms with Crippen LogP contribution in [0, 0.1) is 11.7 Å². The largest absolute Gasteiger partial charge is 0.310 e. The Morgan fingerprint density at radius 3 is 2.69 bits per heavy atom. The third kappa shape index (κ3) is 2.82. The highest BCUT2D eigenvalue weighted by molar-refractivity contribution is 5.17. The van der Waals surface area contributed by atoms with E-state index in [4.69, 9.17) is 0 Å². The molecule has 1 N–H and O–H groups in total. The topological polar surface area (TPSA) is 12.0 Å². The van der Waals surface area contributed by atoms with Gasteiger partial charge in [-0.25, -0.2) is 4.39 Å². The molecule has 16 heavy (non-hydrogen) atoms. The van der Waals surface area contributed by atoms with Crippen LogP contribution in [0.2, 0.25) is 0 Å². The molecule has 1 aromatic carbocycles. The van der Waals surface area contributed by atoms with Crippen LogP contribution in [0.15, 0.2) is 24.3 Å². The minimum atomic E-state index is -0.103. The van der Waals surface area contributed by atoms with Crippen LogP contribution in [0.1, 0.15) is 38.2 Å². The van der Waals surface area contributed by atoms with Crippen molar-refractivity contribution in [1.29, 1.82) is 0 Å². The van der Waals surface area contributed by atoms with Gasteiger partial charge in [-0.15, -0.1) is 0 Å². The van der Waals surface area contributed by atoms with E-state index in [0.717, 1.165) is 11.5 Å². The quantitative estimate of drug-likeness (QED) is 0.820. The summed E-state index contributed by atoms with van der Waals surface area (Å²) in [6, 6.07) is 7.50. The third-order valence-corrected chi connectivity index (χ3v) is 3.68. The Kier molecular flexibility index (Phi) is 3.94. The van der Waals surface area contributed by atoms with E-state index in [-0.39, 0.29) is 5.82 Å². The Morgan fingerprint density at radius 1 is 1.31 bits per heavy atom. The van der Waals surface area contributed by atoms with E-state index >= 15 is 0 Å². The molecule has 1 aromatic rings. The summed E-state index contributed by atoms with van der Waals surface area (Å²) < 4.78 is 13.4. The lowest BCUT2D eigenvalue weighted by molar-refractivity contribution is 0.378. The molecule has 0 bridgehead atoms. The highest BCUT2D eigenvalue weighted by Gasteiger charge is 2.20. The predicted molar refractivity (Wildman–Crippen MR) is 64.7 cm³/mol. The molecule has 0 radical (unpaired) electrons. The molecule has 0 spiro atoms. The van der Waals surface area contributed by atoms with Crippen molar-refractivity contribution in [1.82, 2.24) is 5.32 Å². The number of hydrogen-bond acceptors (Lipinski definition) is 1. The molecule has 88 valence electrons. The molecule has 0 amide bonds. The molecule has 2 heteroatoms. The van der Waals surface area contributed by atoms with Crippen LogP contribution >= 0.6 is 0 Å². The molecule has 1 aliphatic rings. The number of nitrogens with one attached hydrogen (secondary N) is 1. The monoisotopic (exact) mass is 221 g/mol. The normalized spacial score (nSPS) is 18.9. The summed E-state index contributed by atoms with van der Waals surface area (Å²) in [5.41, 5.74) is 0.771. The van der Waals surface area contributed by atoms with E-state index in [1.807, 2.05) is 12.1 Å². The van der Waals surface area contributed by atoms with Gasteiger partial charge < -0.3 is 5.32 Å². The van der Waals surface area contributed by atoms with Gasteiger partial charge in [-0.3, -0.25) is 0 Å². The summed E-state index contributed by atoms with van der Waals surface area (Å²) in [5.74, 6) is 0.681. The second-order valence-corrected chi connectivity index (χ2v) is 4.81. The Labute approximate surface area is 97.1 Å². The third-order valence-electron chi connectivity index (χ3n) is 3.68. The molecule has 1 fully saturated rings. The van der Waals surface area contributed by atoms with Crippen LogP contribution in [0.4, 0.5) is 4.39 Å². The van der Waals surface area contributed by atoms with E-state index in [9.17, 15) is 4.39 Å². The molecule has 0 saturated heterocycles. The first-order valence-electron chi connectivity index (χ1n) is 6.24. The smallest absolute Gasteiger partial charge is 0.127 e. The molecule has 2 rings (SSSR count). The molecule has 1 aliphatic carbocycles. The lowest BCUT2D eigenvalue weighted by atomic mass is 9.99. The van der Waals surface area contributed by atoms with Crippen molar-refractivity contribution in [2.45, 2.75) is 45.2 Å². The van der Waals surface area contributed by atoms with Gasteiger partial charge in [0, 0.05) is 18.2 Å². The summed E-state index contributed by atoms with van der Waals surface area (Å²) in [4.78, 5) is 0. The molecule has 0 heterocycles. The van der Waals surface area contributed by atoms with Crippen LogP contribution in [-0.2, 0) is 6.54 Å². The highest BCUT2D eigenvalue weighted by Crippen LogP contribution is 2.27. The molecular formula is C14H20FN. The first-order chi connectivity index (χ1) is 7.77. The molecule has 0 aliphatic heterocycles. The number of rotatable bonds is 4. The summed E-state index contributed by atoms with van der Waals surface area (Å²) in [5, 5.41) is 3.44. The maximum atomic E-state index is 13.4. The molecule has 1 saturated carbocycles. The number of halogens is 1. The summed E-state index contributed by atoms with van der Waals surface area (Å²) in [6.07, 6.45) is 5.36. The van der Waals surface area contributed by atoms with Crippen molar-refractivity contribution in [3.63, 3.8) is 0 Å². The Bertz CT molecular complexity index is 331. The minimum Gasteiger partial charge on any atom is -0.310 e. The first kappa shape index (κ1) is 11.6. The van der Waals surface area contributed by atoms with E-state index < -0.39 is 0 Å². The fourth-order valence-electron chi connectivity index (χ4n) is 2.54. The van der Waals surface area contributed by atoms with Gasteiger partial charge in [0.25, 0.3) is 0 Å². The zero-order valence-corrected chi connectivity index (χ0v) is 9.88. The van der Waals surface area contributed by atoms with Crippen molar-refractivity contribution in [2.24, 2.45) is 5.92 Å². The SMILES string of the molecule is C[C@H](NCc1ccccc1F)C1CCCC1. The summed E-state index contributed by atoms with van der Waals surface area (Å²) in [7, 11) is 0. The van der Waals surface area contributed by atoms with Crippen LogP contribution < -0.4 is 5.32 Å². The maximum Gasteiger partial charge on any atom is 0.127 e. The fourth-order valence-corrected chi connectivity index (χ4v) is 2.54. The van der Waals surface area contributed by atoms with Crippen LogP contribution in [0.25, 0.3) is 0 Å². The van der Waals surface area contributed by atoms with Crippen molar-refractivity contribution in [3.05, 3.63) is 35.6 Å². The van der Waals surface area contributed by atoms with Gasteiger partial charge >= 0.3 is 0 Å². The maximum absolute atomic E-state index is 13.4. The molecule has 0 aromatic heterocycles. The molecule has 0 unspecified atom stereocenters. The van der Waals surface area contributed by atoms with Gasteiger partial charge in [-0.1, -0.05) is 31.0 Å². The molecular weight excluding hydrogens is 201 g/mol. The minimum absolute atomic E-state index is 0.103. The summed E-state index contributed by atoms with van der Waals surface area (Å²) in [6.45, 7) is 2.86. The van der Waals surface area contributed by atoms with Crippen molar-refractivity contribution < 1.29 is 4.39 Å². The van der Waals surface area contributed by atoms with Crippen molar-refractivity contribution in [3.8, 4) is 0 Å². The zero-order chi connectivity index (χ0) is 11.4. The number of hydrogen-bond donors (Lipinski definition) is 1. The predicted octanol–water partition coefficient (Wildman–Crippen LogP) is 3.49. The van der Waals surface area contributed by atoms with Crippen LogP contribution in [0.5, 0.6) is 0 Å². The van der Waals surface area contributed by atoms with Gasteiger partial charge in [-0.2, -0.15) is 0 Å². The second-order valence-electron chi connectivity index (χ2n) is 4.81. The average molecular weight is 221 g/mol. The van der Waals surface area contributed by atoms with Gasteiger partial charge in [0.2, 0.25) is 0 Å². The van der Waals surface area contributed by atoms with E-state index in [1.165, 1.54) is 31.7 Å². The number of benzene rings is 1. The second kappa shape index (κ2) is 5.44. The molecule has 1 atom stereocenters. The Balaban J connectivity index is 1.84. The van der Waals surface area contributed by atoms with Crippen molar-refractivity contribution in [2.75, 3.05) is 0 Å². The standard InChI is InChI=1S/C14H20FN/c1-11(12-6-2-3-7-12)16-10-13-8-4-5-9-14(13)15/h4-5,8-9,11-12,16H,2-3,6-7,10H2,1H3/t11-/m0/s1.